The first kappa shape index (κ1) is 30.6. The van der Waals surface area contributed by atoms with Gasteiger partial charge in [-0.15, -0.1) is 0 Å². The number of benzene rings is 2. The molecule has 0 amide bonds. The largest absolute Gasteiger partial charge is 0.493 e. The summed E-state index contributed by atoms with van der Waals surface area (Å²) in [5.41, 5.74) is 1.58. The van der Waals surface area contributed by atoms with Crippen molar-refractivity contribution in [3.05, 3.63) is 59.7 Å². The molecule has 0 heterocycles. The lowest BCUT2D eigenvalue weighted by atomic mass is 10.1. The maximum Gasteiger partial charge on any atom is 0.163 e. The van der Waals surface area contributed by atoms with Crippen LogP contribution < -0.4 is 18.9 Å². The highest BCUT2D eigenvalue weighted by atomic mass is 16.5. The van der Waals surface area contributed by atoms with E-state index in [1.165, 1.54) is 12.2 Å². The Bertz CT molecular complexity index is 1110. The van der Waals surface area contributed by atoms with E-state index in [0.717, 1.165) is 35.0 Å². The smallest absolute Gasteiger partial charge is 0.163 e. The van der Waals surface area contributed by atoms with Crippen molar-refractivity contribution in [2.24, 2.45) is 0 Å². The minimum atomic E-state index is -0.280. The van der Waals surface area contributed by atoms with Crippen molar-refractivity contribution in [2.45, 2.75) is 33.1 Å². The summed E-state index contributed by atoms with van der Waals surface area (Å²) in [4.78, 5) is 24.7. The Morgan fingerprint density at radius 1 is 0.763 bits per heavy atom. The van der Waals surface area contributed by atoms with Gasteiger partial charge in [0.1, 0.15) is 0 Å². The molecular weight excluding hydrogens is 482 g/mol. The number of rotatable bonds is 17. The van der Waals surface area contributed by atoms with Gasteiger partial charge in [0.05, 0.1) is 61.0 Å². The summed E-state index contributed by atoms with van der Waals surface area (Å²) >= 11 is 0. The van der Waals surface area contributed by atoms with Crippen molar-refractivity contribution in [3.63, 3.8) is 0 Å². The molecule has 0 atom stereocenters. The predicted molar refractivity (Wildman–Crippen MR) is 152 cm³/mol. The van der Waals surface area contributed by atoms with Crippen LogP contribution in [0.5, 0.6) is 23.0 Å². The number of allylic oxidation sites excluding steroid dienone is 2. The molecule has 7 nitrogen and oxygen atoms in total. The summed E-state index contributed by atoms with van der Waals surface area (Å²) in [7, 11) is 8.02. The van der Waals surface area contributed by atoms with Crippen molar-refractivity contribution in [1.82, 2.24) is 0 Å². The number of nitrogens with zero attached hydrogens (tertiary/aromatic N) is 1. The van der Waals surface area contributed by atoms with Crippen LogP contribution in [0.25, 0.3) is 12.2 Å². The molecule has 2 aromatic carbocycles. The van der Waals surface area contributed by atoms with Gasteiger partial charge in [-0.2, -0.15) is 0 Å². The van der Waals surface area contributed by atoms with E-state index in [1.807, 2.05) is 50.2 Å². The average Bonchev–Trinajstić information content (AvgIpc) is 2.88. The average molecular weight is 525 g/mol. The topological polar surface area (TPSA) is 71.1 Å². The van der Waals surface area contributed by atoms with E-state index in [2.05, 4.69) is 21.1 Å². The van der Waals surface area contributed by atoms with E-state index < -0.39 is 0 Å². The maximum atomic E-state index is 12.4. The minimum Gasteiger partial charge on any atom is -0.493 e. The fourth-order valence-electron chi connectivity index (χ4n) is 3.52. The molecule has 0 N–H and O–H groups in total. The number of quaternary nitrogens is 1. The SMILES string of the molecule is CCCOc1ccc(/C=C/C(=O)CC(=O)/C=C/c2ccc(OCCC[N+](C)(C)C)c(OC)c2)cc1OCC. The zero-order chi connectivity index (χ0) is 28.0. The molecule has 0 fully saturated rings. The summed E-state index contributed by atoms with van der Waals surface area (Å²) in [6, 6.07) is 11.0. The summed E-state index contributed by atoms with van der Waals surface area (Å²) in [6.45, 7) is 6.66. The number of carbonyl (C=O) groups is 2. The summed E-state index contributed by atoms with van der Waals surface area (Å²) in [6.07, 6.45) is 7.79. The van der Waals surface area contributed by atoms with Crippen molar-refractivity contribution in [2.75, 3.05) is 54.6 Å². The Morgan fingerprint density at radius 3 is 1.84 bits per heavy atom. The van der Waals surface area contributed by atoms with Gasteiger partial charge in [-0.1, -0.05) is 31.2 Å². The quantitative estimate of drug-likeness (QED) is 0.116. The normalized spacial score (nSPS) is 11.6. The molecule has 0 radical (unpaired) electrons. The molecule has 206 valence electrons. The highest BCUT2D eigenvalue weighted by molar-refractivity contribution is 6.10. The summed E-state index contributed by atoms with van der Waals surface area (Å²) < 4.78 is 23.6. The molecule has 38 heavy (non-hydrogen) atoms. The highest BCUT2D eigenvalue weighted by Gasteiger charge is 2.10. The second-order valence-corrected chi connectivity index (χ2v) is 9.89. The van der Waals surface area contributed by atoms with Crippen LogP contribution in [-0.2, 0) is 9.59 Å². The van der Waals surface area contributed by atoms with Gasteiger partial charge in [0.15, 0.2) is 34.6 Å². The third kappa shape index (κ3) is 11.2. The number of ether oxygens (including phenoxy) is 4. The highest BCUT2D eigenvalue weighted by Crippen LogP contribution is 2.30. The van der Waals surface area contributed by atoms with E-state index in [0.29, 0.717) is 42.8 Å². The van der Waals surface area contributed by atoms with Crippen LogP contribution in [0.15, 0.2) is 48.6 Å². The fraction of sp³-hybridized carbons (Fsp3) is 0.419. The van der Waals surface area contributed by atoms with Gasteiger partial charge < -0.3 is 23.4 Å². The summed E-state index contributed by atoms with van der Waals surface area (Å²) in [5.74, 6) is 2.01. The van der Waals surface area contributed by atoms with Gasteiger partial charge >= 0.3 is 0 Å². The maximum absolute atomic E-state index is 12.4. The van der Waals surface area contributed by atoms with E-state index >= 15 is 0 Å². The minimum absolute atomic E-state index is 0.215. The molecule has 7 heteroatoms. The number of ketones is 2. The Kier molecular flexibility index (Phi) is 12.6. The molecular formula is C31H42NO6+. The lowest BCUT2D eigenvalue weighted by molar-refractivity contribution is -0.870. The van der Waals surface area contributed by atoms with Crippen LogP contribution in [0.3, 0.4) is 0 Å². The molecule has 0 aromatic heterocycles. The fourth-order valence-corrected chi connectivity index (χ4v) is 3.52. The molecule has 2 rings (SSSR count). The van der Waals surface area contributed by atoms with Crippen LogP contribution in [0.2, 0.25) is 0 Å². The van der Waals surface area contributed by atoms with Crippen molar-refractivity contribution >= 4 is 23.7 Å². The van der Waals surface area contributed by atoms with Gasteiger partial charge in [0.2, 0.25) is 0 Å². The predicted octanol–water partition coefficient (Wildman–Crippen LogP) is 5.61. The molecule has 0 saturated carbocycles. The van der Waals surface area contributed by atoms with Crippen LogP contribution >= 0.6 is 0 Å². The molecule has 0 spiro atoms. The van der Waals surface area contributed by atoms with Crippen LogP contribution in [-0.4, -0.2) is 70.7 Å². The Balaban J connectivity index is 1.93. The van der Waals surface area contributed by atoms with Gasteiger partial charge in [0, 0.05) is 6.42 Å². The van der Waals surface area contributed by atoms with E-state index in [1.54, 1.807) is 19.3 Å². The molecule has 0 bridgehead atoms. The van der Waals surface area contributed by atoms with Gasteiger partial charge in [0.25, 0.3) is 0 Å². The van der Waals surface area contributed by atoms with E-state index in [4.69, 9.17) is 18.9 Å². The molecule has 0 aliphatic carbocycles. The first-order valence-corrected chi connectivity index (χ1v) is 13.1. The number of carbonyl (C=O) groups excluding carboxylic acids is 2. The lowest BCUT2D eigenvalue weighted by Gasteiger charge is -2.23. The second kappa shape index (κ2) is 15.6. The van der Waals surface area contributed by atoms with Gasteiger partial charge in [-0.25, -0.2) is 0 Å². The number of hydrogen-bond donors (Lipinski definition) is 0. The molecule has 2 aromatic rings. The molecule has 0 saturated heterocycles. The van der Waals surface area contributed by atoms with Crippen LogP contribution in [0.1, 0.15) is 44.2 Å². The lowest BCUT2D eigenvalue weighted by Crippen LogP contribution is -2.35. The molecule has 0 aliphatic rings. The van der Waals surface area contributed by atoms with Crippen LogP contribution in [0.4, 0.5) is 0 Å². The number of hydrogen-bond acceptors (Lipinski definition) is 6. The zero-order valence-corrected chi connectivity index (χ0v) is 23.6. The van der Waals surface area contributed by atoms with Gasteiger partial charge in [-0.3, -0.25) is 9.59 Å². The summed E-state index contributed by atoms with van der Waals surface area (Å²) in [5, 5.41) is 0. The Morgan fingerprint density at radius 2 is 1.32 bits per heavy atom. The standard InChI is InChI=1S/C31H42NO6/c1-7-19-37-29-17-13-25(22-31(29)36-8-2)11-15-27(34)23-26(33)14-10-24-12-16-28(30(21-24)35-6)38-20-9-18-32(3,4)5/h10-17,21-22H,7-9,18-20,23H2,1-6H3/q+1/b14-10+,15-11+. The third-order valence-electron chi connectivity index (χ3n) is 5.42. The Hall–Kier alpha value is -3.58. The van der Waals surface area contributed by atoms with Crippen LogP contribution in [0, 0.1) is 0 Å². The Labute approximate surface area is 227 Å². The zero-order valence-electron chi connectivity index (χ0n) is 23.6. The first-order valence-electron chi connectivity index (χ1n) is 13.1. The van der Waals surface area contributed by atoms with E-state index in [-0.39, 0.29) is 18.0 Å². The van der Waals surface area contributed by atoms with E-state index in [9.17, 15) is 9.59 Å². The van der Waals surface area contributed by atoms with Crippen molar-refractivity contribution in [3.8, 4) is 23.0 Å². The first-order chi connectivity index (χ1) is 18.1. The van der Waals surface area contributed by atoms with Gasteiger partial charge in [-0.05, 0) is 60.9 Å². The number of methoxy groups -OCH3 is 1. The van der Waals surface area contributed by atoms with Crippen molar-refractivity contribution in [1.29, 1.82) is 0 Å². The molecule has 0 unspecified atom stereocenters. The van der Waals surface area contributed by atoms with Crippen molar-refractivity contribution < 1.29 is 33.0 Å². The third-order valence-corrected chi connectivity index (χ3v) is 5.42. The second-order valence-electron chi connectivity index (χ2n) is 9.89. The molecule has 0 aliphatic heterocycles. The monoisotopic (exact) mass is 524 g/mol.